The normalized spacial score (nSPS) is 21.5. The summed E-state index contributed by atoms with van der Waals surface area (Å²) in [4.78, 5) is 27.1. The summed E-state index contributed by atoms with van der Waals surface area (Å²) in [6, 6.07) is 5.11. The predicted octanol–water partition coefficient (Wildman–Crippen LogP) is 1.76. The number of fused-ring (bicyclic) bond motifs is 1. The van der Waals surface area contributed by atoms with E-state index in [1.165, 1.54) is 0 Å². The van der Waals surface area contributed by atoms with Crippen LogP contribution < -0.4 is 5.32 Å². The standard InChI is InChI=1S/C16H19N5O2S/c22-14(17-16-19-18-13-7-3-4-8-20(13)16)12-9-24-10-21(12)15(23)11-5-1-2-6-11/h3-4,7-8,11-12H,1-2,5-6,9-10H2,(H,17,19,22)/t12-/m1/s1. The number of rotatable bonds is 3. The number of carbonyl (C=O) groups excluding carboxylic acids is 2. The molecule has 1 aliphatic carbocycles. The fourth-order valence-corrected chi connectivity index (χ4v) is 4.57. The third-order valence-corrected chi connectivity index (χ3v) is 5.73. The van der Waals surface area contributed by atoms with Crippen LogP contribution in [0.3, 0.4) is 0 Å². The van der Waals surface area contributed by atoms with Crippen molar-refractivity contribution in [2.24, 2.45) is 5.92 Å². The minimum atomic E-state index is -0.431. The lowest BCUT2D eigenvalue weighted by Crippen LogP contribution is -2.46. The average molecular weight is 345 g/mol. The Morgan fingerprint density at radius 3 is 2.88 bits per heavy atom. The third-order valence-electron chi connectivity index (χ3n) is 4.72. The second kappa shape index (κ2) is 6.43. The van der Waals surface area contributed by atoms with Crippen molar-refractivity contribution in [3.63, 3.8) is 0 Å². The van der Waals surface area contributed by atoms with Crippen molar-refractivity contribution in [3.05, 3.63) is 24.4 Å². The number of anilines is 1. The molecule has 0 aromatic carbocycles. The van der Waals surface area contributed by atoms with Gasteiger partial charge in [0.2, 0.25) is 17.8 Å². The van der Waals surface area contributed by atoms with E-state index in [-0.39, 0.29) is 17.7 Å². The molecule has 1 atom stereocenters. The highest BCUT2D eigenvalue weighted by Crippen LogP contribution is 2.31. The Labute approximate surface area is 143 Å². The zero-order valence-electron chi connectivity index (χ0n) is 13.2. The molecule has 0 unspecified atom stereocenters. The molecule has 1 aliphatic heterocycles. The van der Waals surface area contributed by atoms with Crippen molar-refractivity contribution in [2.75, 3.05) is 16.9 Å². The zero-order chi connectivity index (χ0) is 16.5. The van der Waals surface area contributed by atoms with Crippen LogP contribution in [0.15, 0.2) is 24.4 Å². The van der Waals surface area contributed by atoms with Gasteiger partial charge in [0.05, 0.1) is 5.88 Å². The molecule has 0 radical (unpaired) electrons. The van der Waals surface area contributed by atoms with Gasteiger partial charge in [0, 0.05) is 17.9 Å². The molecule has 7 nitrogen and oxygen atoms in total. The molecule has 2 fully saturated rings. The number of aromatic nitrogens is 3. The molecule has 8 heteroatoms. The highest BCUT2D eigenvalue weighted by molar-refractivity contribution is 7.99. The highest BCUT2D eigenvalue weighted by Gasteiger charge is 2.38. The van der Waals surface area contributed by atoms with Crippen LogP contribution in [0.4, 0.5) is 5.95 Å². The van der Waals surface area contributed by atoms with E-state index < -0.39 is 6.04 Å². The summed E-state index contributed by atoms with van der Waals surface area (Å²) in [7, 11) is 0. The maximum absolute atomic E-state index is 12.7. The molecule has 1 saturated carbocycles. The Morgan fingerprint density at radius 2 is 2.04 bits per heavy atom. The summed E-state index contributed by atoms with van der Waals surface area (Å²) in [6.07, 6.45) is 5.92. The first-order chi connectivity index (χ1) is 11.7. The van der Waals surface area contributed by atoms with Crippen molar-refractivity contribution in [1.82, 2.24) is 19.5 Å². The molecular formula is C16H19N5O2S. The molecule has 126 valence electrons. The van der Waals surface area contributed by atoms with E-state index in [9.17, 15) is 9.59 Å². The Kier molecular flexibility index (Phi) is 4.13. The molecule has 24 heavy (non-hydrogen) atoms. The first-order valence-electron chi connectivity index (χ1n) is 8.23. The van der Waals surface area contributed by atoms with Crippen LogP contribution in [0, 0.1) is 5.92 Å². The second-order valence-electron chi connectivity index (χ2n) is 6.25. The van der Waals surface area contributed by atoms with Crippen LogP contribution in [-0.4, -0.2) is 49.0 Å². The molecule has 2 aromatic rings. The molecule has 3 heterocycles. The van der Waals surface area contributed by atoms with Crippen molar-refractivity contribution >= 4 is 35.2 Å². The first-order valence-corrected chi connectivity index (χ1v) is 9.38. The van der Waals surface area contributed by atoms with E-state index in [4.69, 9.17) is 0 Å². The summed E-state index contributed by atoms with van der Waals surface area (Å²) < 4.78 is 1.73. The number of hydrogen-bond donors (Lipinski definition) is 1. The topological polar surface area (TPSA) is 79.6 Å². The van der Waals surface area contributed by atoms with E-state index >= 15 is 0 Å². The first kappa shape index (κ1) is 15.4. The van der Waals surface area contributed by atoms with Crippen molar-refractivity contribution in [2.45, 2.75) is 31.7 Å². The smallest absolute Gasteiger partial charge is 0.250 e. The van der Waals surface area contributed by atoms with E-state index in [1.807, 2.05) is 18.2 Å². The van der Waals surface area contributed by atoms with Crippen LogP contribution in [0.25, 0.3) is 5.65 Å². The van der Waals surface area contributed by atoms with Crippen LogP contribution >= 0.6 is 11.8 Å². The molecule has 4 rings (SSSR count). The molecule has 0 spiro atoms. The SMILES string of the molecule is O=C(Nc1nnc2ccccn12)[C@H]1CSCN1C(=O)C1CCCC1. The molecular weight excluding hydrogens is 326 g/mol. The number of pyridine rings is 1. The largest absolute Gasteiger partial charge is 0.320 e. The maximum atomic E-state index is 12.7. The Balaban J connectivity index is 1.49. The minimum Gasteiger partial charge on any atom is -0.320 e. The summed E-state index contributed by atoms with van der Waals surface area (Å²) >= 11 is 1.62. The number of amides is 2. The number of carbonyl (C=O) groups is 2. The molecule has 2 amide bonds. The van der Waals surface area contributed by atoms with E-state index in [0.717, 1.165) is 25.7 Å². The number of hydrogen-bond acceptors (Lipinski definition) is 5. The van der Waals surface area contributed by atoms with Gasteiger partial charge in [0.1, 0.15) is 6.04 Å². The quantitative estimate of drug-likeness (QED) is 0.917. The average Bonchev–Trinajstić information content (AvgIpc) is 3.35. The van der Waals surface area contributed by atoms with Gasteiger partial charge in [-0.3, -0.25) is 19.3 Å². The van der Waals surface area contributed by atoms with Gasteiger partial charge in [0.25, 0.3) is 0 Å². The summed E-state index contributed by atoms with van der Waals surface area (Å²) in [6.45, 7) is 0. The maximum Gasteiger partial charge on any atom is 0.250 e. The number of nitrogens with zero attached hydrogens (tertiary/aromatic N) is 4. The van der Waals surface area contributed by atoms with Crippen LogP contribution in [0.5, 0.6) is 0 Å². The lowest BCUT2D eigenvalue weighted by atomic mass is 10.1. The Hall–Kier alpha value is -2.09. The minimum absolute atomic E-state index is 0.0907. The fourth-order valence-electron chi connectivity index (χ4n) is 3.40. The van der Waals surface area contributed by atoms with Crippen LogP contribution in [0.2, 0.25) is 0 Å². The number of nitrogens with one attached hydrogen (secondary N) is 1. The third kappa shape index (κ3) is 2.75. The predicted molar refractivity (Wildman–Crippen MR) is 91.5 cm³/mol. The van der Waals surface area contributed by atoms with Gasteiger partial charge in [-0.1, -0.05) is 18.9 Å². The van der Waals surface area contributed by atoms with Gasteiger partial charge in [-0.2, -0.15) is 0 Å². The van der Waals surface area contributed by atoms with E-state index in [0.29, 0.717) is 23.2 Å². The Morgan fingerprint density at radius 1 is 1.21 bits per heavy atom. The van der Waals surface area contributed by atoms with Gasteiger partial charge >= 0.3 is 0 Å². The van der Waals surface area contributed by atoms with Crippen molar-refractivity contribution in [1.29, 1.82) is 0 Å². The summed E-state index contributed by atoms with van der Waals surface area (Å²) in [5.74, 6) is 1.64. The van der Waals surface area contributed by atoms with E-state index in [1.54, 1.807) is 27.3 Å². The van der Waals surface area contributed by atoms with Gasteiger partial charge in [-0.15, -0.1) is 22.0 Å². The molecule has 2 aliphatic rings. The van der Waals surface area contributed by atoms with E-state index in [2.05, 4.69) is 15.5 Å². The van der Waals surface area contributed by atoms with Gasteiger partial charge < -0.3 is 4.90 Å². The monoisotopic (exact) mass is 345 g/mol. The van der Waals surface area contributed by atoms with Gasteiger partial charge in [-0.05, 0) is 25.0 Å². The molecule has 0 bridgehead atoms. The Bertz CT molecular complexity index is 771. The molecule has 1 saturated heterocycles. The summed E-state index contributed by atoms with van der Waals surface area (Å²) in [5, 5.41) is 10.9. The molecule has 1 N–H and O–H groups in total. The highest BCUT2D eigenvalue weighted by atomic mass is 32.2. The van der Waals surface area contributed by atoms with Crippen LogP contribution in [0.1, 0.15) is 25.7 Å². The second-order valence-corrected chi connectivity index (χ2v) is 7.25. The zero-order valence-corrected chi connectivity index (χ0v) is 14.0. The van der Waals surface area contributed by atoms with Crippen molar-refractivity contribution in [3.8, 4) is 0 Å². The van der Waals surface area contributed by atoms with Crippen molar-refractivity contribution < 1.29 is 9.59 Å². The number of thioether (sulfide) groups is 1. The van der Waals surface area contributed by atoms with Crippen LogP contribution in [-0.2, 0) is 9.59 Å². The van der Waals surface area contributed by atoms with Gasteiger partial charge in [0.15, 0.2) is 5.65 Å². The lowest BCUT2D eigenvalue weighted by molar-refractivity contribution is -0.139. The van der Waals surface area contributed by atoms with Gasteiger partial charge in [-0.25, -0.2) is 0 Å². The summed E-state index contributed by atoms with van der Waals surface area (Å²) in [5.41, 5.74) is 0.674. The lowest BCUT2D eigenvalue weighted by Gasteiger charge is -2.25. The molecule has 2 aromatic heterocycles. The fraction of sp³-hybridized carbons (Fsp3) is 0.500.